The molecular weight excluding hydrogens is 286 g/mol. The lowest BCUT2D eigenvalue weighted by atomic mass is 10.0. The van der Waals surface area contributed by atoms with Crippen LogP contribution in [-0.4, -0.2) is 36.0 Å². The van der Waals surface area contributed by atoms with E-state index < -0.39 is 6.10 Å². The number of unbranched alkanes of at least 4 members (excludes halogenated alkanes) is 2. The molecule has 3 nitrogen and oxygen atoms in total. The average Bonchev–Trinajstić information content (AvgIpc) is 2.48. The van der Waals surface area contributed by atoms with Gasteiger partial charge >= 0.3 is 0 Å². The molecule has 1 rings (SSSR count). The third-order valence-corrected chi connectivity index (χ3v) is 3.51. The average molecular weight is 314 g/mol. The van der Waals surface area contributed by atoms with Crippen LogP contribution in [0.1, 0.15) is 37.3 Å². The zero-order valence-corrected chi connectivity index (χ0v) is 13.8. The van der Waals surface area contributed by atoms with Crippen molar-refractivity contribution in [2.45, 2.75) is 44.8 Å². The van der Waals surface area contributed by atoms with Gasteiger partial charge in [-0.1, -0.05) is 56.2 Å². The second-order valence-corrected chi connectivity index (χ2v) is 5.13. The molecule has 1 aromatic carbocycles. The molecule has 0 aliphatic rings. The van der Waals surface area contributed by atoms with Crippen LogP contribution in [0.15, 0.2) is 30.3 Å². The molecule has 0 saturated carbocycles. The first kappa shape index (κ1) is 20.1. The lowest BCUT2D eigenvalue weighted by Crippen LogP contribution is -2.39. The zero-order chi connectivity index (χ0) is 14.8. The van der Waals surface area contributed by atoms with Crippen molar-refractivity contribution in [3.8, 4) is 0 Å². The number of halogens is 1. The first-order chi connectivity index (χ1) is 9.71. The number of likely N-dealkylation sites (N-methyl/N-ethyl adjacent to an activating group) is 1. The zero-order valence-electron chi connectivity index (χ0n) is 13.0. The Balaban J connectivity index is 0.00000400. The molecule has 120 valence electrons. The molecule has 0 aromatic heterocycles. The largest absolute Gasteiger partial charge is 0.395 e. The molecule has 0 spiro atoms. The fraction of sp³-hybridized carbons (Fsp3) is 0.529. The second-order valence-electron chi connectivity index (χ2n) is 5.13. The molecule has 0 fully saturated rings. The molecule has 21 heavy (non-hydrogen) atoms. The van der Waals surface area contributed by atoms with Crippen LogP contribution in [-0.2, 0) is 6.42 Å². The highest BCUT2D eigenvalue weighted by Crippen LogP contribution is 2.10. The number of aliphatic hydroxyl groups is 2. The molecule has 0 saturated heterocycles. The van der Waals surface area contributed by atoms with Crippen molar-refractivity contribution >= 4 is 18.5 Å². The van der Waals surface area contributed by atoms with Crippen molar-refractivity contribution in [3.63, 3.8) is 0 Å². The molecule has 0 aliphatic carbocycles. The number of aliphatic hydroxyl groups excluding tert-OH is 2. The van der Waals surface area contributed by atoms with Crippen molar-refractivity contribution in [2.24, 2.45) is 0 Å². The lowest BCUT2D eigenvalue weighted by Gasteiger charge is -2.16. The SMILES string of the molecule is CCCCCc1ccc(C=CC(O)C(CO)NC)cc1.Cl. The minimum Gasteiger partial charge on any atom is -0.395 e. The summed E-state index contributed by atoms with van der Waals surface area (Å²) in [7, 11) is 1.73. The maximum Gasteiger partial charge on any atom is 0.0899 e. The van der Waals surface area contributed by atoms with Gasteiger partial charge in [0.05, 0.1) is 18.8 Å². The van der Waals surface area contributed by atoms with Crippen LogP contribution >= 0.6 is 12.4 Å². The molecule has 0 amide bonds. The van der Waals surface area contributed by atoms with Gasteiger partial charge in [0.1, 0.15) is 0 Å². The van der Waals surface area contributed by atoms with Crippen molar-refractivity contribution < 1.29 is 10.2 Å². The predicted molar refractivity (Wildman–Crippen MR) is 91.9 cm³/mol. The molecule has 0 aliphatic heterocycles. The van der Waals surface area contributed by atoms with Gasteiger partial charge in [0.15, 0.2) is 0 Å². The van der Waals surface area contributed by atoms with Crippen molar-refractivity contribution in [1.82, 2.24) is 5.32 Å². The van der Waals surface area contributed by atoms with Gasteiger partial charge in [0.25, 0.3) is 0 Å². The third kappa shape index (κ3) is 7.63. The maximum absolute atomic E-state index is 9.86. The van der Waals surface area contributed by atoms with Gasteiger partial charge in [0.2, 0.25) is 0 Å². The Morgan fingerprint density at radius 2 is 1.86 bits per heavy atom. The van der Waals surface area contributed by atoms with E-state index in [9.17, 15) is 5.11 Å². The second kappa shape index (κ2) is 11.8. The quantitative estimate of drug-likeness (QED) is 0.614. The number of hydrogen-bond donors (Lipinski definition) is 3. The van der Waals surface area contributed by atoms with Crippen LogP contribution < -0.4 is 5.32 Å². The Bertz CT molecular complexity index is 388. The Morgan fingerprint density at radius 3 is 2.38 bits per heavy atom. The molecule has 2 atom stereocenters. The van der Waals surface area contributed by atoms with E-state index in [0.29, 0.717) is 0 Å². The molecular formula is C17H28ClNO2. The highest BCUT2D eigenvalue weighted by Gasteiger charge is 2.12. The number of hydrogen-bond acceptors (Lipinski definition) is 3. The highest BCUT2D eigenvalue weighted by molar-refractivity contribution is 5.85. The third-order valence-electron chi connectivity index (χ3n) is 3.51. The summed E-state index contributed by atoms with van der Waals surface area (Å²) in [6, 6.07) is 8.10. The summed E-state index contributed by atoms with van der Waals surface area (Å²) >= 11 is 0. The van der Waals surface area contributed by atoms with Gasteiger partial charge in [-0.3, -0.25) is 0 Å². The fourth-order valence-corrected chi connectivity index (χ4v) is 2.09. The van der Waals surface area contributed by atoms with E-state index >= 15 is 0 Å². The Morgan fingerprint density at radius 1 is 1.19 bits per heavy atom. The van der Waals surface area contributed by atoms with Crippen molar-refractivity contribution in [1.29, 1.82) is 0 Å². The minimum atomic E-state index is -0.686. The molecule has 1 aromatic rings. The Labute approximate surface area is 134 Å². The molecule has 3 N–H and O–H groups in total. The van der Waals surface area contributed by atoms with E-state index in [1.165, 1.54) is 24.8 Å². The summed E-state index contributed by atoms with van der Waals surface area (Å²) in [6.07, 6.45) is 7.81. The first-order valence-electron chi connectivity index (χ1n) is 7.44. The van der Waals surface area contributed by atoms with Crippen LogP contribution in [0.4, 0.5) is 0 Å². The van der Waals surface area contributed by atoms with Crippen LogP contribution in [0.2, 0.25) is 0 Å². The minimum absolute atomic E-state index is 0. The van der Waals surface area contributed by atoms with Crippen LogP contribution in [0, 0.1) is 0 Å². The van der Waals surface area contributed by atoms with Crippen LogP contribution in [0.25, 0.3) is 6.08 Å². The summed E-state index contributed by atoms with van der Waals surface area (Å²) < 4.78 is 0. The molecule has 4 heteroatoms. The van der Waals surface area contributed by atoms with E-state index in [-0.39, 0.29) is 25.1 Å². The topological polar surface area (TPSA) is 52.5 Å². The van der Waals surface area contributed by atoms with Crippen LogP contribution in [0.3, 0.4) is 0 Å². The van der Waals surface area contributed by atoms with Gasteiger partial charge in [-0.15, -0.1) is 12.4 Å². The summed E-state index contributed by atoms with van der Waals surface area (Å²) in [5.41, 5.74) is 2.43. The Hall–Kier alpha value is -0.870. The molecule has 0 radical (unpaired) electrons. The first-order valence-corrected chi connectivity index (χ1v) is 7.44. The monoisotopic (exact) mass is 313 g/mol. The highest BCUT2D eigenvalue weighted by atomic mass is 35.5. The smallest absolute Gasteiger partial charge is 0.0899 e. The van der Waals surface area contributed by atoms with E-state index in [1.807, 2.05) is 6.08 Å². The standard InChI is InChI=1S/C17H27NO2.ClH/c1-3-4-5-6-14-7-9-15(10-8-14)11-12-17(20)16(13-19)18-2;/h7-12,16-20H,3-6,13H2,1-2H3;1H. The van der Waals surface area contributed by atoms with Gasteiger partial charge in [-0.2, -0.15) is 0 Å². The normalized spacial score (nSPS) is 13.9. The summed E-state index contributed by atoms with van der Waals surface area (Å²) in [4.78, 5) is 0. The summed E-state index contributed by atoms with van der Waals surface area (Å²) in [5, 5.41) is 21.8. The molecule has 0 bridgehead atoms. The van der Waals surface area contributed by atoms with Gasteiger partial charge in [-0.25, -0.2) is 0 Å². The van der Waals surface area contributed by atoms with Gasteiger partial charge in [-0.05, 0) is 31.0 Å². The van der Waals surface area contributed by atoms with E-state index in [1.54, 1.807) is 13.1 Å². The van der Waals surface area contributed by atoms with Crippen LogP contribution in [0.5, 0.6) is 0 Å². The van der Waals surface area contributed by atoms with E-state index in [0.717, 1.165) is 12.0 Å². The van der Waals surface area contributed by atoms with Gasteiger partial charge in [0, 0.05) is 0 Å². The van der Waals surface area contributed by atoms with Gasteiger partial charge < -0.3 is 15.5 Å². The Kier molecular flexibility index (Phi) is 11.3. The number of aryl methyl sites for hydroxylation is 1. The van der Waals surface area contributed by atoms with E-state index in [4.69, 9.17) is 5.11 Å². The van der Waals surface area contributed by atoms with Crippen molar-refractivity contribution in [3.05, 3.63) is 41.5 Å². The van der Waals surface area contributed by atoms with E-state index in [2.05, 4.69) is 36.5 Å². The van der Waals surface area contributed by atoms with Crippen molar-refractivity contribution in [2.75, 3.05) is 13.7 Å². The number of benzene rings is 1. The number of nitrogens with one attached hydrogen (secondary N) is 1. The summed E-state index contributed by atoms with van der Waals surface area (Å²) in [6.45, 7) is 2.13. The summed E-state index contributed by atoms with van der Waals surface area (Å²) in [5.74, 6) is 0. The molecule has 0 heterocycles. The predicted octanol–water partition coefficient (Wildman–Crippen LogP) is 2.80. The molecule has 2 unspecified atom stereocenters. The lowest BCUT2D eigenvalue weighted by molar-refractivity contribution is 0.128. The maximum atomic E-state index is 9.86. The fourth-order valence-electron chi connectivity index (χ4n) is 2.09. The number of rotatable bonds is 9.